The van der Waals surface area contributed by atoms with Gasteiger partial charge in [0.25, 0.3) is 0 Å². The zero-order valence-electron chi connectivity index (χ0n) is 15.6. The van der Waals surface area contributed by atoms with E-state index in [0.717, 1.165) is 46.6 Å². The van der Waals surface area contributed by atoms with Crippen LogP contribution in [-0.2, 0) is 0 Å². The zero-order chi connectivity index (χ0) is 18.4. The van der Waals surface area contributed by atoms with Gasteiger partial charge in [-0.3, -0.25) is 5.10 Å². The molecule has 5 rings (SSSR count). The van der Waals surface area contributed by atoms with Crippen LogP contribution in [0.3, 0.4) is 0 Å². The van der Waals surface area contributed by atoms with E-state index in [-0.39, 0.29) is 0 Å². The maximum atomic E-state index is 5.99. The third-order valence-corrected chi connectivity index (χ3v) is 7.08. The van der Waals surface area contributed by atoms with Crippen molar-refractivity contribution in [3.63, 3.8) is 0 Å². The van der Waals surface area contributed by atoms with Crippen LogP contribution in [0.2, 0.25) is 5.02 Å². The first-order valence-corrected chi connectivity index (χ1v) is 10.2. The molecule has 2 aliphatic rings. The molecule has 1 N–H and O–H groups in total. The van der Waals surface area contributed by atoms with E-state index in [1.54, 1.807) is 0 Å². The van der Waals surface area contributed by atoms with Gasteiger partial charge in [-0.1, -0.05) is 43.5 Å². The molecule has 2 fully saturated rings. The summed E-state index contributed by atoms with van der Waals surface area (Å²) in [5.41, 5.74) is 3.95. The van der Waals surface area contributed by atoms with Crippen LogP contribution in [0.4, 0.5) is 5.82 Å². The monoisotopic (exact) mass is 381 g/mol. The van der Waals surface area contributed by atoms with Gasteiger partial charge in [-0.25, -0.2) is 9.97 Å². The average molecular weight is 382 g/mol. The standard InChI is InChI=1S/C21H24ClN5/c1-14-3-2-8-21(14)9-11-27(12-10-21)17-13-23-19-18(25-26-20(19)24-17)15-4-6-16(22)7-5-15/h4-7,13-14H,2-3,8-12H2,1H3,(H,24,25,26)/t14-/m1/s1. The second-order valence-electron chi connectivity index (χ2n) is 8.15. The van der Waals surface area contributed by atoms with Gasteiger partial charge in [0.1, 0.15) is 11.3 Å². The molecule has 0 radical (unpaired) electrons. The summed E-state index contributed by atoms with van der Waals surface area (Å²) in [5.74, 6) is 1.80. The van der Waals surface area contributed by atoms with Crippen LogP contribution in [-0.4, -0.2) is 33.3 Å². The number of hydrogen-bond acceptors (Lipinski definition) is 4. The average Bonchev–Trinajstić information content (AvgIpc) is 3.27. The Morgan fingerprint density at radius 1 is 1.15 bits per heavy atom. The molecule has 1 atom stereocenters. The highest BCUT2D eigenvalue weighted by molar-refractivity contribution is 6.30. The van der Waals surface area contributed by atoms with E-state index in [4.69, 9.17) is 16.6 Å². The lowest BCUT2D eigenvalue weighted by atomic mass is 9.71. The number of nitrogens with one attached hydrogen (secondary N) is 1. The maximum Gasteiger partial charge on any atom is 0.202 e. The molecular formula is C21H24ClN5. The fourth-order valence-corrected chi connectivity index (χ4v) is 5.12. The van der Waals surface area contributed by atoms with Crippen molar-refractivity contribution in [2.75, 3.05) is 18.0 Å². The summed E-state index contributed by atoms with van der Waals surface area (Å²) >= 11 is 5.99. The highest BCUT2D eigenvalue weighted by Crippen LogP contribution is 2.50. The van der Waals surface area contributed by atoms with E-state index in [9.17, 15) is 0 Å². The predicted molar refractivity (Wildman–Crippen MR) is 109 cm³/mol. The number of aromatic amines is 1. The Bertz CT molecular complexity index is 956. The van der Waals surface area contributed by atoms with Crippen LogP contribution in [0.15, 0.2) is 30.5 Å². The normalized spacial score (nSPS) is 22.0. The van der Waals surface area contributed by atoms with Gasteiger partial charge in [-0.15, -0.1) is 0 Å². The summed E-state index contributed by atoms with van der Waals surface area (Å²) in [6.07, 6.45) is 8.62. The van der Waals surface area contributed by atoms with E-state index < -0.39 is 0 Å². The van der Waals surface area contributed by atoms with Crippen LogP contribution in [0.25, 0.3) is 22.4 Å². The van der Waals surface area contributed by atoms with Gasteiger partial charge < -0.3 is 4.90 Å². The summed E-state index contributed by atoms with van der Waals surface area (Å²) in [6.45, 7) is 4.58. The summed E-state index contributed by atoms with van der Waals surface area (Å²) in [5, 5.41) is 8.20. The Morgan fingerprint density at radius 3 is 2.63 bits per heavy atom. The molecule has 6 heteroatoms. The number of H-pyrrole nitrogens is 1. The smallest absolute Gasteiger partial charge is 0.202 e. The SMILES string of the molecule is C[C@@H]1CCCC12CCN(c1cnc3c(-c4ccc(Cl)cc4)[nH]nc3n1)CC2. The molecule has 1 aromatic carbocycles. The third-order valence-electron chi connectivity index (χ3n) is 6.83. The maximum absolute atomic E-state index is 5.99. The van der Waals surface area contributed by atoms with Gasteiger partial charge in [0.15, 0.2) is 0 Å². The van der Waals surface area contributed by atoms with Crippen molar-refractivity contribution in [2.24, 2.45) is 11.3 Å². The summed E-state index contributed by atoms with van der Waals surface area (Å²) < 4.78 is 0. The first kappa shape index (κ1) is 17.0. The Hall–Kier alpha value is -2.14. The Labute approximate surface area is 164 Å². The number of aromatic nitrogens is 4. The quantitative estimate of drug-likeness (QED) is 0.672. The fraction of sp³-hybridized carbons (Fsp3) is 0.476. The lowest BCUT2D eigenvalue weighted by Gasteiger charge is -2.42. The van der Waals surface area contributed by atoms with E-state index in [1.807, 2.05) is 30.5 Å². The molecule has 140 valence electrons. The number of fused-ring (bicyclic) bond motifs is 1. The molecule has 0 bridgehead atoms. The van der Waals surface area contributed by atoms with Gasteiger partial charge >= 0.3 is 0 Å². The van der Waals surface area contributed by atoms with Crippen molar-refractivity contribution < 1.29 is 0 Å². The molecule has 0 unspecified atom stereocenters. The number of nitrogens with zero attached hydrogens (tertiary/aromatic N) is 4. The molecule has 3 heterocycles. The van der Waals surface area contributed by atoms with Crippen LogP contribution in [0, 0.1) is 11.3 Å². The van der Waals surface area contributed by atoms with Gasteiger partial charge in [-0.2, -0.15) is 5.10 Å². The molecule has 2 aromatic heterocycles. The first-order valence-electron chi connectivity index (χ1n) is 9.87. The van der Waals surface area contributed by atoms with Crippen LogP contribution in [0.5, 0.6) is 0 Å². The molecule has 1 saturated heterocycles. The highest BCUT2D eigenvalue weighted by atomic mass is 35.5. The second-order valence-corrected chi connectivity index (χ2v) is 8.59. The third kappa shape index (κ3) is 2.89. The molecule has 27 heavy (non-hydrogen) atoms. The fourth-order valence-electron chi connectivity index (χ4n) is 4.99. The molecule has 5 nitrogen and oxygen atoms in total. The van der Waals surface area contributed by atoms with Crippen molar-refractivity contribution in [3.8, 4) is 11.3 Å². The molecule has 1 aliphatic carbocycles. The predicted octanol–water partition coefficient (Wildman–Crippen LogP) is 5.08. The van der Waals surface area contributed by atoms with Gasteiger partial charge in [0, 0.05) is 23.7 Å². The minimum Gasteiger partial charge on any atom is -0.355 e. The Kier molecular flexibility index (Phi) is 4.08. The molecule has 1 saturated carbocycles. The van der Waals surface area contributed by atoms with Crippen LogP contribution >= 0.6 is 11.6 Å². The van der Waals surface area contributed by atoms with Crippen molar-refractivity contribution in [2.45, 2.75) is 39.0 Å². The molecule has 1 spiro atoms. The number of benzene rings is 1. The molecule has 3 aromatic rings. The van der Waals surface area contributed by atoms with Crippen LogP contribution < -0.4 is 4.90 Å². The molecular weight excluding hydrogens is 358 g/mol. The number of anilines is 1. The lowest BCUT2D eigenvalue weighted by Crippen LogP contribution is -2.41. The number of piperidine rings is 1. The Morgan fingerprint density at radius 2 is 1.93 bits per heavy atom. The zero-order valence-corrected chi connectivity index (χ0v) is 16.3. The van der Waals surface area contributed by atoms with Crippen LogP contribution in [0.1, 0.15) is 39.0 Å². The molecule has 0 amide bonds. The van der Waals surface area contributed by atoms with Gasteiger partial charge in [-0.05, 0) is 42.7 Å². The number of halogens is 1. The first-order chi connectivity index (χ1) is 13.1. The van der Waals surface area contributed by atoms with Gasteiger partial charge in [0.2, 0.25) is 5.65 Å². The Balaban J connectivity index is 1.39. The summed E-state index contributed by atoms with van der Waals surface area (Å²) in [6, 6.07) is 7.69. The largest absolute Gasteiger partial charge is 0.355 e. The van der Waals surface area contributed by atoms with E-state index >= 15 is 0 Å². The topological polar surface area (TPSA) is 57.7 Å². The van der Waals surface area contributed by atoms with Crippen molar-refractivity contribution in [1.29, 1.82) is 0 Å². The summed E-state index contributed by atoms with van der Waals surface area (Å²) in [7, 11) is 0. The van der Waals surface area contributed by atoms with Crippen molar-refractivity contribution in [3.05, 3.63) is 35.5 Å². The highest BCUT2D eigenvalue weighted by Gasteiger charge is 2.42. The second kappa shape index (κ2) is 6.48. The van der Waals surface area contributed by atoms with Crippen molar-refractivity contribution in [1.82, 2.24) is 20.2 Å². The molecule has 1 aliphatic heterocycles. The van der Waals surface area contributed by atoms with Crippen molar-refractivity contribution >= 4 is 28.6 Å². The summed E-state index contributed by atoms with van der Waals surface area (Å²) in [4.78, 5) is 11.9. The van der Waals surface area contributed by atoms with Gasteiger partial charge in [0.05, 0.1) is 11.9 Å². The number of hydrogen-bond donors (Lipinski definition) is 1. The minimum atomic E-state index is 0.572. The van der Waals surface area contributed by atoms with E-state index in [0.29, 0.717) is 11.1 Å². The lowest BCUT2D eigenvalue weighted by molar-refractivity contribution is 0.161. The number of rotatable bonds is 2. The van der Waals surface area contributed by atoms with E-state index in [1.165, 1.54) is 32.1 Å². The van der Waals surface area contributed by atoms with E-state index in [2.05, 4.69) is 27.0 Å². The minimum absolute atomic E-state index is 0.572.